The number of hydrogen-bond donors (Lipinski definition) is 3. The number of aromatic amines is 1. The molecule has 2 unspecified atom stereocenters. The Balaban J connectivity index is 1.24. The minimum atomic E-state index is -2.94. The highest BCUT2D eigenvalue weighted by Gasteiger charge is 2.46. The number of imidazole rings is 1. The van der Waals surface area contributed by atoms with Gasteiger partial charge < -0.3 is 20.4 Å². The number of carbonyl (C=O) groups is 2. The van der Waals surface area contributed by atoms with E-state index in [1.165, 1.54) is 6.20 Å². The van der Waals surface area contributed by atoms with Crippen LogP contribution in [0.25, 0.3) is 11.0 Å². The molecule has 2 saturated carbocycles. The van der Waals surface area contributed by atoms with Gasteiger partial charge in [0.15, 0.2) is 0 Å². The minimum Gasteiger partial charge on any atom is -0.369 e. The van der Waals surface area contributed by atoms with Crippen molar-refractivity contribution in [1.29, 1.82) is 0 Å². The second-order valence-corrected chi connectivity index (χ2v) is 12.6. The molecule has 3 aliphatic rings. The van der Waals surface area contributed by atoms with Crippen molar-refractivity contribution in [2.24, 2.45) is 11.8 Å². The molecular weight excluding hydrogens is 568 g/mol. The monoisotopic (exact) mass is 604 g/mol. The Bertz CT molecular complexity index is 1480. The van der Waals surface area contributed by atoms with Crippen molar-refractivity contribution in [3.05, 3.63) is 47.5 Å². The van der Waals surface area contributed by atoms with Gasteiger partial charge in [-0.1, -0.05) is 6.07 Å². The SMILES string of the molecule is CC(C)n1nccc1C(=O)NC(c1nc2ccc(C(NC(=O)CC3CC(F)(F)C3)C3CC3)cc2[nH]1)[C@H]1CCC(F)(F)CO1. The molecule has 6 rings (SSSR count). The van der Waals surface area contributed by atoms with Crippen LogP contribution in [0.4, 0.5) is 17.6 Å². The van der Waals surface area contributed by atoms with Crippen molar-refractivity contribution in [2.75, 3.05) is 6.61 Å². The van der Waals surface area contributed by atoms with Crippen LogP contribution in [0.1, 0.15) is 98.8 Å². The number of rotatable bonds is 10. The first kappa shape index (κ1) is 29.6. The first-order valence-electron chi connectivity index (χ1n) is 14.9. The van der Waals surface area contributed by atoms with E-state index in [2.05, 4.69) is 20.7 Å². The number of nitrogens with one attached hydrogen (secondary N) is 3. The van der Waals surface area contributed by atoms with Gasteiger partial charge in [0.05, 0.1) is 23.2 Å². The standard InChI is InChI=1S/C30H36F4N6O3/c1-16(2)40-22(8-10-35-40)28(42)39-26(23-7-9-29(31,32)15-43-23)27-36-20-6-5-19(12-21(20)37-27)25(18-3-4-18)38-24(41)11-17-13-30(33,34)14-17/h5-6,8,10,12,16-18,23,25-26H,3-4,7,9,11,13-15H2,1-2H3,(H,36,37)(H,38,41)(H,39,42)/t23-,25?,26?/m1/s1. The molecule has 232 valence electrons. The largest absolute Gasteiger partial charge is 0.369 e. The van der Waals surface area contributed by atoms with Gasteiger partial charge in [0, 0.05) is 37.9 Å². The van der Waals surface area contributed by atoms with Crippen molar-refractivity contribution < 1.29 is 31.9 Å². The third-order valence-electron chi connectivity index (χ3n) is 8.59. The molecule has 0 bridgehead atoms. The molecule has 2 aliphatic carbocycles. The van der Waals surface area contributed by atoms with E-state index in [1.54, 1.807) is 16.8 Å². The zero-order valence-corrected chi connectivity index (χ0v) is 24.1. The number of H-pyrrole nitrogens is 1. The zero-order chi connectivity index (χ0) is 30.5. The number of fused-ring (bicyclic) bond motifs is 1. The topological polar surface area (TPSA) is 114 Å². The van der Waals surface area contributed by atoms with E-state index in [1.807, 2.05) is 26.0 Å². The number of carbonyl (C=O) groups excluding carboxylic acids is 2. The molecule has 3 aromatic rings. The lowest BCUT2D eigenvalue weighted by molar-refractivity contribution is -0.151. The van der Waals surface area contributed by atoms with Gasteiger partial charge in [-0.25, -0.2) is 22.5 Å². The number of ether oxygens (including phenoxy) is 1. The maximum absolute atomic E-state index is 13.9. The molecule has 1 saturated heterocycles. The Morgan fingerprint density at radius 1 is 1.07 bits per heavy atom. The van der Waals surface area contributed by atoms with Crippen LogP contribution in [0.2, 0.25) is 0 Å². The average molecular weight is 605 g/mol. The quantitative estimate of drug-likeness (QED) is 0.260. The molecule has 0 radical (unpaired) electrons. The van der Waals surface area contributed by atoms with E-state index in [0.29, 0.717) is 22.6 Å². The Hall–Kier alpha value is -3.48. The Morgan fingerprint density at radius 2 is 1.84 bits per heavy atom. The molecule has 13 heteroatoms. The smallest absolute Gasteiger partial charge is 0.271 e. The molecule has 3 atom stereocenters. The van der Waals surface area contributed by atoms with Crippen molar-refractivity contribution in [2.45, 2.75) is 94.9 Å². The van der Waals surface area contributed by atoms with Crippen LogP contribution in [0, 0.1) is 11.8 Å². The number of nitrogens with zero attached hydrogens (tertiary/aromatic N) is 3. The number of amides is 2. The average Bonchev–Trinajstić information content (AvgIpc) is 3.47. The summed E-state index contributed by atoms with van der Waals surface area (Å²) < 4.78 is 61.5. The predicted octanol–water partition coefficient (Wildman–Crippen LogP) is 5.63. The lowest BCUT2D eigenvalue weighted by atomic mass is 9.79. The number of halogens is 4. The fourth-order valence-corrected chi connectivity index (χ4v) is 6.17. The van der Waals surface area contributed by atoms with Crippen LogP contribution in [-0.2, 0) is 9.53 Å². The fourth-order valence-electron chi connectivity index (χ4n) is 6.17. The van der Waals surface area contributed by atoms with E-state index in [4.69, 9.17) is 9.72 Å². The summed E-state index contributed by atoms with van der Waals surface area (Å²) in [5.74, 6) is -5.96. The first-order chi connectivity index (χ1) is 20.4. The lowest BCUT2D eigenvalue weighted by Crippen LogP contribution is -2.44. The molecule has 9 nitrogen and oxygen atoms in total. The Morgan fingerprint density at radius 3 is 2.49 bits per heavy atom. The maximum Gasteiger partial charge on any atom is 0.271 e. The van der Waals surface area contributed by atoms with Crippen molar-refractivity contribution in [3.8, 4) is 0 Å². The van der Waals surface area contributed by atoms with Gasteiger partial charge in [-0.2, -0.15) is 5.10 Å². The van der Waals surface area contributed by atoms with Crippen molar-refractivity contribution >= 4 is 22.8 Å². The Labute approximate surface area is 246 Å². The summed E-state index contributed by atoms with van der Waals surface area (Å²) in [4.78, 5) is 34.0. The van der Waals surface area contributed by atoms with Crippen LogP contribution < -0.4 is 10.6 Å². The number of alkyl halides is 4. The Kier molecular flexibility index (Phi) is 7.72. The molecule has 2 amide bonds. The highest BCUT2D eigenvalue weighted by molar-refractivity contribution is 5.93. The van der Waals surface area contributed by atoms with E-state index < -0.39 is 36.5 Å². The summed E-state index contributed by atoms with van der Waals surface area (Å²) in [5.41, 5.74) is 2.43. The van der Waals surface area contributed by atoms with Crippen LogP contribution in [0.15, 0.2) is 30.5 Å². The number of aromatic nitrogens is 4. The van der Waals surface area contributed by atoms with Gasteiger partial charge in [0.2, 0.25) is 11.8 Å². The van der Waals surface area contributed by atoms with E-state index in [0.717, 1.165) is 18.4 Å². The molecule has 1 aliphatic heterocycles. The molecule has 2 aromatic heterocycles. The summed E-state index contributed by atoms with van der Waals surface area (Å²) in [6.07, 6.45) is 1.90. The second kappa shape index (κ2) is 11.2. The van der Waals surface area contributed by atoms with Gasteiger partial charge in [0.1, 0.15) is 24.2 Å². The molecule has 3 N–H and O–H groups in total. The zero-order valence-electron chi connectivity index (χ0n) is 24.1. The molecule has 43 heavy (non-hydrogen) atoms. The first-order valence-corrected chi connectivity index (χ1v) is 14.9. The van der Waals surface area contributed by atoms with E-state index in [9.17, 15) is 27.2 Å². The number of hydrogen-bond acceptors (Lipinski definition) is 5. The highest BCUT2D eigenvalue weighted by atomic mass is 19.3. The normalized spacial score (nSPS) is 23.1. The fraction of sp³-hybridized carbons (Fsp3) is 0.600. The van der Waals surface area contributed by atoms with Gasteiger partial charge in [0.25, 0.3) is 11.8 Å². The molecule has 3 fully saturated rings. The molecule has 1 aromatic carbocycles. The van der Waals surface area contributed by atoms with Gasteiger partial charge in [-0.3, -0.25) is 14.3 Å². The van der Waals surface area contributed by atoms with Crippen LogP contribution in [0.3, 0.4) is 0 Å². The van der Waals surface area contributed by atoms with Crippen molar-refractivity contribution in [3.63, 3.8) is 0 Å². The van der Waals surface area contributed by atoms with Crippen LogP contribution >= 0.6 is 0 Å². The van der Waals surface area contributed by atoms with Crippen LogP contribution in [0.5, 0.6) is 0 Å². The summed E-state index contributed by atoms with van der Waals surface area (Å²) in [6.45, 7) is 3.04. The molecular formula is C30H36F4N6O3. The third-order valence-corrected chi connectivity index (χ3v) is 8.59. The lowest BCUT2D eigenvalue weighted by Gasteiger charge is -2.34. The molecule has 3 heterocycles. The summed E-state index contributed by atoms with van der Waals surface area (Å²) in [7, 11) is 0. The predicted molar refractivity (Wildman–Crippen MR) is 149 cm³/mol. The maximum atomic E-state index is 13.9. The minimum absolute atomic E-state index is 0.0202. The van der Waals surface area contributed by atoms with E-state index >= 15 is 0 Å². The third kappa shape index (κ3) is 6.56. The summed E-state index contributed by atoms with van der Waals surface area (Å²) in [6, 6.07) is 5.99. The summed E-state index contributed by atoms with van der Waals surface area (Å²) >= 11 is 0. The summed E-state index contributed by atoms with van der Waals surface area (Å²) in [5, 5.41) is 10.2. The number of benzene rings is 1. The highest BCUT2D eigenvalue weighted by Crippen LogP contribution is 2.45. The van der Waals surface area contributed by atoms with Gasteiger partial charge in [-0.05, 0) is 68.7 Å². The van der Waals surface area contributed by atoms with Crippen LogP contribution in [-0.4, -0.2) is 56.1 Å². The van der Waals surface area contributed by atoms with E-state index in [-0.39, 0.29) is 61.9 Å². The van der Waals surface area contributed by atoms with Gasteiger partial charge >= 0.3 is 0 Å². The van der Waals surface area contributed by atoms with Gasteiger partial charge in [-0.15, -0.1) is 0 Å². The second-order valence-electron chi connectivity index (χ2n) is 12.6. The molecule has 0 spiro atoms. The van der Waals surface area contributed by atoms with Crippen molar-refractivity contribution in [1.82, 2.24) is 30.4 Å².